The highest BCUT2D eigenvalue weighted by molar-refractivity contribution is 5.87. The first kappa shape index (κ1) is 23.3. The lowest BCUT2D eigenvalue weighted by molar-refractivity contribution is -0.107. The molecule has 26 heavy (non-hydrogen) atoms. The molecule has 0 saturated heterocycles. The van der Waals surface area contributed by atoms with Crippen LogP contribution in [0.2, 0.25) is 0 Å². The highest BCUT2D eigenvalue weighted by Gasteiger charge is 2.31. The molecule has 0 atom stereocenters. The van der Waals surface area contributed by atoms with Crippen LogP contribution in [0.25, 0.3) is 0 Å². The summed E-state index contributed by atoms with van der Waals surface area (Å²) < 4.78 is 0. The van der Waals surface area contributed by atoms with Crippen LogP contribution in [0, 0.1) is 0 Å². The van der Waals surface area contributed by atoms with Crippen LogP contribution in [0.5, 0.6) is 0 Å². The van der Waals surface area contributed by atoms with Crippen LogP contribution in [0.4, 0.5) is 0 Å². The zero-order chi connectivity index (χ0) is 20.4. The Morgan fingerprint density at radius 3 is 0.962 bits per heavy atom. The Balaban J connectivity index is 0.000000362. The first-order valence-electron chi connectivity index (χ1n) is 7.87. The lowest BCUT2D eigenvalue weighted by atomic mass is 9.90. The summed E-state index contributed by atoms with van der Waals surface area (Å²) in [5.41, 5.74) is -1.35. The van der Waals surface area contributed by atoms with Crippen molar-refractivity contribution in [2.45, 2.75) is 38.9 Å². The molecule has 0 aliphatic rings. The second-order valence-corrected chi connectivity index (χ2v) is 6.46. The molecule has 0 amide bonds. The molecule has 6 heteroatoms. The Bertz CT molecular complexity index is 605. The van der Waals surface area contributed by atoms with E-state index >= 15 is 0 Å². The Morgan fingerprint density at radius 1 is 0.615 bits per heavy atom. The van der Waals surface area contributed by atoms with Crippen LogP contribution in [-0.2, 0) is 0 Å². The molecule has 0 aromatic heterocycles. The van der Waals surface area contributed by atoms with Crippen LogP contribution < -0.4 is 0 Å². The maximum absolute atomic E-state index is 10.2. The minimum Gasteiger partial charge on any atom is -0.478 e. The monoisotopic (exact) mass is 362 g/mol. The quantitative estimate of drug-likeness (QED) is 0.666. The Kier molecular flexibility index (Phi) is 9.25. The van der Waals surface area contributed by atoms with Gasteiger partial charge in [0.05, 0.1) is 22.3 Å². The molecule has 0 spiro atoms. The minimum absolute atomic E-state index is 0.331. The van der Waals surface area contributed by atoms with Crippen molar-refractivity contribution < 1.29 is 30.0 Å². The first-order valence-corrected chi connectivity index (χ1v) is 7.87. The Labute approximate surface area is 153 Å². The van der Waals surface area contributed by atoms with E-state index in [0.717, 1.165) is 0 Å². The molecule has 2 aromatic rings. The lowest BCUT2D eigenvalue weighted by Crippen LogP contribution is -2.44. The van der Waals surface area contributed by atoms with Gasteiger partial charge < -0.3 is 20.4 Å². The summed E-state index contributed by atoms with van der Waals surface area (Å²) >= 11 is 0. The zero-order valence-electron chi connectivity index (χ0n) is 15.4. The van der Waals surface area contributed by atoms with Crippen molar-refractivity contribution >= 4 is 11.9 Å². The molecule has 2 rings (SSSR count). The molecular weight excluding hydrogens is 336 g/mol. The van der Waals surface area contributed by atoms with Gasteiger partial charge in [-0.2, -0.15) is 0 Å². The van der Waals surface area contributed by atoms with Gasteiger partial charge in [0.1, 0.15) is 0 Å². The molecule has 0 unspecified atom stereocenters. The number of aliphatic hydroxyl groups is 2. The predicted octanol–water partition coefficient (Wildman–Crippen LogP) is 3.30. The highest BCUT2D eigenvalue weighted by Crippen LogP contribution is 2.19. The van der Waals surface area contributed by atoms with E-state index in [0.29, 0.717) is 11.1 Å². The smallest absolute Gasteiger partial charge is 0.335 e. The molecule has 0 aliphatic heterocycles. The van der Waals surface area contributed by atoms with Gasteiger partial charge >= 0.3 is 11.9 Å². The van der Waals surface area contributed by atoms with Gasteiger partial charge in [-0.05, 0) is 52.0 Å². The van der Waals surface area contributed by atoms with Gasteiger partial charge in [-0.15, -0.1) is 0 Å². The maximum Gasteiger partial charge on any atom is 0.335 e. The maximum atomic E-state index is 10.2. The second-order valence-electron chi connectivity index (χ2n) is 6.46. The molecular formula is C20H26O6. The van der Waals surface area contributed by atoms with E-state index in [1.165, 1.54) is 0 Å². The average Bonchev–Trinajstić information content (AvgIpc) is 2.56. The number of carboxylic acids is 2. The lowest BCUT2D eigenvalue weighted by Gasteiger charge is -2.31. The van der Waals surface area contributed by atoms with E-state index in [9.17, 15) is 9.59 Å². The van der Waals surface area contributed by atoms with Crippen molar-refractivity contribution in [1.29, 1.82) is 0 Å². The van der Waals surface area contributed by atoms with Crippen molar-refractivity contribution in [2.75, 3.05) is 0 Å². The van der Waals surface area contributed by atoms with Gasteiger partial charge in [-0.3, -0.25) is 0 Å². The molecule has 0 saturated carbocycles. The van der Waals surface area contributed by atoms with Crippen LogP contribution in [0.1, 0.15) is 48.4 Å². The van der Waals surface area contributed by atoms with E-state index in [-0.39, 0.29) is 0 Å². The van der Waals surface area contributed by atoms with Gasteiger partial charge in [-0.1, -0.05) is 36.4 Å². The summed E-state index contributed by atoms with van der Waals surface area (Å²) in [4.78, 5) is 20.4. The van der Waals surface area contributed by atoms with E-state index in [2.05, 4.69) is 0 Å². The number of hydrogen-bond donors (Lipinski definition) is 4. The predicted molar refractivity (Wildman–Crippen MR) is 99.4 cm³/mol. The van der Waals surface area contributed by atoms with Crippen molar-refractivity contribution in [3.05, 3.63) is 71.8 Å². The van der Waals surface area contributed by atoms with Crippen LogP contribution in [-0.4, -0.2) is 43.6 Å². The van der Waals surface area contributed by atoms with Crippen LogP contribution >= 0.6 is 0 Å². The molecule has 0 fully saturated rings. The third-order valence-electron chi connectivity index (χ3n) is 3.54. The third kappa shape index (κ3) is 9.56. The van der Waals surface area contributed by atoms with Gasteiger partial charge in [0.15, 0.2) is 0 Å². The molecule has 0 radical (unpaired) electrons. The van der Waals surface area contributed by atoms with Gasteiger partial charge in [-0.25, -0.2) is 9.59 Å². The van der Waals surface area contributed by atoms with Crippen molar-refractivity contribution in [2.24, 2.45) is 0 Å². The number of aromatic carboxylic acids is 2. The second kappa shape index (κ2) is 10.3. The van der Waals surface area contributed by atoms with E-state index in [4.69, 9.17) is 20.4 Å². The molecule has 6 nitrogen and oxygen atoms in total. The van der Waals surface area contributed by atoms with Crippen LogP contribution in [0.15, 0.2) is 60.7 Å². The number of carboxylic acid groups (broad SMARTS) is 2. The third-order valence-corrected chi connectivity index (χ3v) is 3.54. The number of hydrogen-bond acceptors (Lipinski definition) is 4. The van der Waals surface area contributed by atoms with E-state index < -0.39 is 23.1 Å². The topological polar surface area (TPSA) is 115 Å². The molecule has 4 N–H and O–H groups in total. The average molecular weight is 362 g/mol. The van der Waals surface area contributed by atoms with Crippen molar-refractivity contribution in [1.82, 2.24) is 0 Å². The summed E-state index contributed by atoms with van der Waals surface area (Å²) in [6.07, 6.45) is 0. The van der Waals surface area contributed by atoms with Gasteiger partial charge in [0.2, 0.25) is 0 Å². The SMILES string of the molecule is CC(C)(O)C(C)(C)O.O=C(O)c1ccccc1.O=C(O)c1ccccc1. The molecule has 0 bridgehead atoms. The minimum atomic E-state index is -1.01. The summed E-state index contributed by atoms with van der Waals surface area (Å²) in [5, 5.41) is 35.0. The highest BCUT2D eigenvalue weighted by atomic mass is 16.4. The Morgan fingerprint density at radius 2 is 0.846 bits per heavy atom. The van der Waals surface area contributed by atoms with Crippen molar-refractivity contribution in [3.8, 4) is 0 Å². The van der Waals surface area contributed by atoms with Crippen LogP contribution in [0.3, 0.4) is 0 Å². The Hall–Kier alpha value is -2.70. The molecule has 0 heterocycles. The molecule has 0 aliphatic carbocycles. The zero-order valence-corrected chi connectivity index (χ0v) is 15.4. The van der Waals surface area contributed by atoms with E-state index in [1.54, 1.807) is 88.4 Å². The fourth-order valence-electron chi connectivity index (χ4n) is 1.16. The number of carbonyl (C=O) groups is 2. The molecule has 142 valence electrons. The summed E-state index contributed by atoms with van der Waals surface area (Å²) in [7, 11) is 0. The fraction of sp³-hybridized carbons (Fsp3) is 0.300. The summed E-state index contributed by atoms with van der Waals surface area (Å²) in [6, 6.07) is 16.6. The molecule has 2 aromatic carbocycles. The number of benzene rings is 2. The largest absolute Gasteiger partial charge is 0.478 e. The fourth-order valence-corrected chi connectivity index (χ4v) is 1.16. The summed E-state index contributed by atoms with van der Waals surface area (Å²) in [5.74, 6) is -1.76. The van der Waals surface area contributed by atoms with Gasteiger partial charge in [0, 0.05) is 0 Å². The summed E-state index contributed by atoms with van der Waals surface area (Å²) in [6.45, 7) is 6.31. The number of rotatable bonds is 3. The van der Waals surface area contributed by atoms with Gasteiger partial charge in [0.25, 0.3) is 0 Å². The normalized spacial score (nSPS) is 10.5. The van der Waals surface area contributed by atoms with E-state index in [1.807, 2.05) is 0 Å². The first-order chi connectivity index (χ1) is 11.9. The standard InChI is InChI=1S/2C7H6O2.C6H14O2/c2*8-7(9)6-4-2-1-3-5-6;1-5(2,7)6(3,4)8/h2*1-5H,(H,8,9);7-8H,1-4H3. The van der Waals surface area contributed by atoms with Crippen molar-refractivity contribution in [3.63, 3.8) is 0 Å².